The molecule has 0 amide bonds. The van der Waals surface area contributed by atoms with E-state index in [9.17, 15) is 19.0 Å². The highest BCUT2D eigenvalue weighted by atomic mass is 31.2. The molecule has 330 valence electrons. The highest BCUT2D eigenvalue weighted by molar-refractivity contribution is 7.47. The van der Waals surface area contributed by atoms with E-state index in [1.165, 1.54) is 0 Å². The summed E-state index contributed by atoms with van der Waals surface area (Å²) in [7, 11) is 1.42. The Hall–Kier alpha value is -3.07. The quantitative estimate of drug-likeness (QED) is 0.0215. The minimum Gasteiger partial charge on any atom is -0.462 e. The number of ether oxygens (including phenoxy) is 2. The van der Waals surface area contributed by atoms with Crippen LogP contribution in [0, 0.1) is 0 Å². The molecule has 0 spiro atoms. The van der Waals surface area contributed by atoms with Crippen LogP contribution in [0.1, 0.15) is 142 Å². The number of likely N-dealkylation sites (N-methyl/N-ethyl adjacent to an activating group) is 1. The summed E-state index contributed by atoms with van der Waals surface area (Å²) in [5, 5.41) is 0. The van der Waals surface area contributed by atoms with Gasteiger partial charge in [0, 0.05) is 12.8 Å². The Morgan fingerprint density at radius 2 is 0.931 bits per heavy atom. The summed E-state index contributed by atoms with van der Waals surface area (Å²) in [5.41, 5.74) is 0. The number of hydrogen-bond donors (Lipinski definition) is 1. The largest absolute Gasteiger partial charge is 0.472 e. The predicted octanol–water partition coefficient (Wildman–Crippen LogP) is 12.6. The van der Waals surface area contributed by atoms with Crippen LogP contribution in [0.3, 0.4) is 0 Å². The Labute approximate surface area is 353 Å². The van der Waals surface area contributed by atoms with Crippen molar-refractivity contribution >= 4 is 19.8 Å². The Bertz CT molecular complexity index is 1300. The summed E-state index contributed by atoms with van der Waals surface area (Å²) in [4.78, 5) is 35.4. The number of phosphoric ester groups is 1. The number of quaternary nitrogens is 1. The number of carbonyl (C=O) groups is 2. The van der Waals surface area contributed by atoms with E-state index in [-0.39, 0.29) is 26.1 Å². The molecule has 10 heteroatoms. The van der Waals surface area contributed by atoms with E-state index >= 15 is 0 Å². The summed E-state index contributed by atoms with van der Waals surface area (Å²) >= 11 is 0. The van der Waals surface area contributed by atoms with Crippen molar-refractivity contribution in [3.05, 3.63) is 97.2 Å². The molecule has 0 aliphatic heterocycles. The summed E-state index contributed by atoms with van der Waals surface area (Å²) in [6.45, 7) is 4.11. The lowest BCUT2D eigenvalue weighted by Crippen LogP contribution is -2.37. The van der Waals surface area contributed by atoms with Crippen LogP contribution in [-0.2, 0) is 32.7 Å². The molecule has 0 aromatic rings. The summed E-state index contributed by atoms with van der Waals surface area (Å²) < 4.78 is 34.3. The molecule has 0 aliphatic carbocycles. The van der Waals surface area contributed by atoms with Gasteiger partial charge in [-0.3, -0.25) is 18.6 Å². The Morgan fingerprint density at radius 3 is 1.36 bits per heavy atom. The van der Waals surface area contributed by atoms with Crippen molar-refractivity contribution < 1.29 is 42.1 Å². The second-order valence-corrected chi connectivity index (χ2v) is 16.8. The van der Waals surface area contributed by atoms with Crippen LogP contribution in [0.25, 0.3) is 0 Å². The molecular formula is C48H81NO8P+. The predicted molar refractivity (Wildman–Crippen MR) is 242 cm³/mol. The van der Waals surface area contributed by atoms with Gasteiger partial charge in [0.2, 0.25) is 0 Å². The van der Waals surface area contributed by atoms with Crippen LogP contribution < -0.4 is 0 Å². The van der Waals surface area contributed by atoms with E-state index in [4.69, 9.17) is 18.5 Å². The summed E-state index contributed by atoms with van der Waals surface area (Å²) in [6.07, 6.45) is 51.7. The number of phosphoric acid groups is 1. The van der Waals surface area contributed by atoms with Gasteiger partial charge < -0.3 is 18.9 Å². The van der Waals surface area contributed by atoms with E-state index in [1.807, 2.05) is 21.1 Å². The van der Waals surface area contributed by atoms with Crippen LogP contribution in [0.5, 0.6) is 0 Å². The van der Waals surface area contributed by atoms with E-state index in [2.05, 4.69) is 111 Å². The third kappa shape index (κ3) is 42.5. The van der Waals surface area contributed by atoms with Gasteiger partial charge in [-0.2, -0.15) is 0 Å². The maximum absolute atomic E-state index is 12.7. The van der Waals surface area contributed by atoms with Crippen molar-refractivity contribution in [1.82, 2.24) is 0 Å². The van der Waals surface area contributed by atoms with Crippen molar-refractivity contribution in [2.75, 3.05) is 47.5 Å². The molecule has 0 saturated heterocycles. The minimum absolute atomic E-state index is 0.0163. The number of carbonyl (C=O) groups excluding carboxylic acids is 2. The number of esters is 2. The number of hydrogen-bond acceptors (Lipinski definition) is 7. The fraction of sp³-hybridized carbons (Fsp3) is 0.625. The van der Waals surface area contributed by atoms with Gasteiger partial charge in [0.1, 0.15) is 19.8 Å². The van der Waals surface area contributed by atoms with Gasteiger partial charge in [-0.1, -0.05) is 137 Å². The van der Waals surface area contributed by atoms with Gasteiger partial charge in [-0.25, -0.2) is 4.57 Å². The zero-order valence-electron chi connectivity index (χ0n) is 37.0. The van der Waals surface area contributed by atoms with E-state index in [0.29, 0.717) is 23.9 Å². The number of allylic oxidation sites excluding steroid dienone is 16. The average molecular weight is 831 g/mol. The van der Waals surface area contributed by atoms with Gasteiger partial charge in [0.15, 0.2) is 6.10 Å². The molecule has 0 rings (SSSR count). The molecule has 0 saturated carbocycles. The van der Waals surface area contributed by atoms with Gasteiger partial charge in [0.05, 0.1) is 27.7 Å². The molecule has 0 bridgehead atoms. The third-order valence-electron chi connectivity index (χ3n) is 8.61. The van der Waals surface area contributed by atoms with Crippen LogP contribution in [-0.4, -0.2) is 74.9 Å². The summed E-state index contributed by atoms with van der Waals surface area (Å²) in [5.74, 6) is -0.866. The third-order valence-corrected chi connectivity index (χ3v) is 9.59. The molecule has 9 nitrogen and oxygen atoms in total. The average Bonchev–Trinajstić information content (AvgIpc) is 3.17. The van der Waals surface area contributed by atoms with Crippen molar-refractivity contribution in [2.45, 2.75) is 148 Å². The van der Waals surface area contributed by atoms with E-state index < -0.39 is 32.5 Å². The number of unbranched alkanes of at least 4 members (excludes halogenated alkanes) is 8. The molecule has 0 aliphatic rings. The molecular weight excluding hydrogens is 750 g/mol. The first-order valence-corrected chi connectivity index (χ1v) is 23.5. The van der Waals surface area contributed by atoms with E-state index in [0.717, 1.165) is 103 Å². The van der Waals surface area contributed by atoms with Gasteiger partial charge in [-0.15, -0.1) is 0 Å². The fourth-order valence-electron chi connectivity index (χ4n) is 5.23. The molecule has 0 aromatic heterocycles. The van der Waals surface area contributed by atoms with Gasteiger partial charge >= 0.3 is 19.8 Å². The molecule has 1 N–H and O–H groups in total. The number of nitrogens with zero attached hydrogens (tertiary/aromatic N) is 1. The highest BCUT2D eigenvalue weighted by Crippen LogP contribution is 2.43. The van der Waals surface area contributed by atoms with Crippen LogP contribution in [0.4, 0.5) is 0 Å². The lowest BCUT2D eigenvalue weighted by Gasteiger charge is -2.24. The van der Waals surface area contributed by atoms with Crippen molar-refractivity contribution in [2.24, 2.45) is 0 Å². The molecule has 0 aromatic carbocycles. The monoisotopic (exact) mass is 831 g/mol. The first-order chi connectivity index (χ1) is 28.0. The highest BCUT2D eigenvalue weighted by Gasteiger charge is 2.27. The first-order valence-electron chi connectivity index (χ1n) is 22.0. The SMILES string of the molecule is CC/C=C\C/C=C\C/C=C\C/C=C\CCCCCCC(=O)OCC(COP(=O)(O)OCC[N+](C)(C)C)OC(=O)CCCCCC/C=C\C/C=C\C/C=C\C/C=C\CC. The fourth-order valence-corrected chi connectivity index (χ4v) is 5.97. The van der Waals surface area contributed by atoms with Crippen LogP contribution in [0.15, 0.2) is 97.2 Å². The van der Waals surface area contributed by atoms with Gasteiger partial charge in [-0.05, 0) is 89.9 Å². The standard InChI is InChI=1S/C48H80NO8P/c1-6-8-10-12-14-16-18-20-22-24-26-28-30-32-34-36-38-40-47(50)54-44-46(45-56-58(52,53)55-43-42-49(3,4)5)57-48(51)41-39-37-35-33-31-29-27-25-23-21-19-17-15-13-11-9-7-2/h8-11,14-17,20-23,26-29,46H,6-7,12-13,18-19,24-25,30-45H2,1-5H3/p+1/b10-8-,11-9-,16-14-,17-15-,22-20-,23-21-,28-26-,29-27-. The minimum atomic E-state index is -4.40. The second kappa shape index (κ2) is 39.4. The molecule has 58 heavy (non-hydrogen) atoms. The molecule has 0 heterocycles. The smallest absolute Gasteiger partial charge is 0.462 e. The van der Waals surface area contributed by atoms with Crippen LogP contribution >= 0.6 is 7.82 Å². The molecule has 0 radical (unpaired) electrons. The van der Waals surface area contributed by atoms with Crippen molar-refractivity contribution in [3.8, 4) is 0 Å². The number of rotatable bonds is 38. The van der Waals surface area contributed by atoms with Crippen molar-refractivity contribution in [3.63, 3.8) is 0 Å². The van der Waals surface area contributed by atoms with Crippen molar-refractivity contribution in [1.29, 1.82) is 0 Å². The second-order valence-electron chi connectivity index (χ2n) is 15.3. The normalized spacial score (nSPS) is 14.5. The first kappa shape index (κ1) is 54.9. The maximum atomic E-state index is 12.7. The topological polar surface area (TPSA) is 108 Å². The molecule has 2 unspecified atom stereocenters. The van der Waals surface area contributed by atoms with Gasteiger partial charge in [0.25, 0.3) is 0 Å². The summed E-state index contributed by atoms with van der Waals surface area (Å²) in [6, 6.07) is 0. The molecule has 2 atom stereocenters. The lowest BCUT2D eigenvalue weighted by molar-refractivity contribution is -0.870. The maximum Gasteiger partial charge on any atom is 0.472 e. The Kier molecular flexibility index (Phi) is 37.3. The zero-order valence-corrected chi connectivity index (χ0v) is 37.9. The Morgan fingerprint density at radius 1 is 0.534 bits per heavy atom. The van der Waals surface area contributed by atoms with E-state index in [1.54, 1.807) is 0 Å². The Balaban J connectivity index is 4.48. The molecule has 0 fully saturated rings. The zero-order chi connectivity index (χ0) is 42.8. The van der Waals surface area contributed by atoms with Crippen LogP contribution in [0.2, 0.25) is 0 Å². The lowest BCUT2D eigenvalue weighted by atomic mass is 10.1.